The zero-order valence-electron chi connectivity index (χ0n) is 13.4. The molecule has 0 aliphatic carbocycles. The SMILES string of the molecule is COC(=O)C(Cc1ccccc1)Nc1c(C)ccn(C)c1=O.Cl. The number of rotatable bonds is 5. The average molecular weight is 337 g/mol. The fraction of sp³-hybridized carbons (Fsp3) is 0.294. The summed E-state index contributed by atoms with van der Waals surface area (Å²) in [5.74, 6) is -0.394. The highest BCUT2D eigenvalue weighted by molar-refractivity contribution is 5.85. The van der Waals surface area contributed by atoms with Gasteiger partial charge in [0.15, 0.2) is 0 Å². The van der Waals surface area contributed by atoms with Gasteiger partial charge in [0, 0.05) is 19.7 Å². The first kappa shape index (κ1) is 18.8. The largest absolute Gasteiger partial charge is 0.467 e. The number of aryl methyl sites for hydroxylation is 2. The molecule has 1 N–H and O–H groups in total. The number of pyridine rings is 1. The molecule has 0 saturated heterocycles. The molecule has 1 aromatic carbocycles. The number of nitrogens with zero attached hydrogens (tertiary/aromatic N) is 1. The molecular weight excluding hydrogens is 316 g/mol. The zero-order valence-corrected chi connectivity index (χ0v) is 14.2. The second-order valence-electron chi connectivity index (χ2n) is 5.20. The third kappa shape index (κ3) is 4.60. The van der Waals surface area contributed by atoms with E-state index in [1.54, 1.807) is 13.2 Å². The number of aromatic nitrogens is 1. The Labute approximate surface area is 141 Å². The quantitative estimate of drug-likeness (QED) is 0.851. The van der Waals surface area contributed by atoms with Crippen molar-refractivity contribution >= 4 is 24.1 Å². The van der Waals surface area contributed by atoms with Crippen molar-refractivity contribution in [3.63, 3.8) is 0 Å². The van der Waals surface area contributed by atoms with E-state index < -0.39 is 12.0 Å². The Morgan fingerprint density at radius 3 is 2.52 bits per heavy atom. The molecule has 2 rings (SSSR count). The lowest BCUT2D eigenvalue weighted by Crippen LogP contribution is -2.36. The van der Waals surface area contributed by atoms with Crippen molar-refractivity contribution in [1.82, 2.24) is 4.57 Å². The monoisotopic (exact) mass is 336 g/mol. The molecule has 2 aromatic rings. The summed E-state index contributed by atoms with van der Waals surface area (Å²) in [7, 11) is 3.02. The highest BCUT2D eigenvalue weighted by Crippen LogP contribution is 2.13. The number of benzene rings is 1. The maximum atomic E-state index is 12.2. The van der Waals surface area contributed by atoms with Gasteiger partial charge in [0.05, 0.1) is 7.11 Å². The van der Waals surface area contributed by atoms with Crippen molar-refractivity contribution in [2.45, 2.75) is 19.4 Å². The third-order valence-electron chi connectivity index (χ3n) is 3.56. The minimum absolute atomic E-state index is 0. The molecule has 5 nitrogen and oxygen atoms in total. The van der Waals surface area contributed by atoms with Crippen LogP contribution >= 0.6 is 12.4 Å². The molecule has 0 radical (unpaired) electrons. The van der Waals surface area contributed by atoms with Gasteiger partial charge in [0.2, 0.25) is 0 Å². The summed E-state index contributed by atoms with van der Waals surface area (Å²) in [6.07, 6.45) is 2.15. The first-order chi connectivity index (χ1) is 10.5. The summed E-state index contributed by atoms with van der Waals surface area (Å²) < 4.78 is 6.33. The van der Waals surface area contributed by atoms with Gasteiger partial charge in [-0.2, -0.15) is 0 Å². The van der Waals surface area contributed by atoms with Crippen LogP contribution in [0.1, 0.15) is 11.1 Å². The van der Waals surface area contributed by atoms with Crippen molar-refractivity contribution in [2.24, 2.45) is 7.05 Å². The first-order valence-corrected chi connectivity index (χ1v) is 7.07. The lowest BCUT2D eigenvalue weighted by Gasteiger charge is -2.19. The number of nitrogens with one attached hydrogen (secondary N) is 1. The second kappa shape index (κ2) is 8.39. The van der Waals surface area contributed by atoms with E-state index in [9.17, 15) is 9.59 Å². The Hall–Kier alpha value is -2.27. The number of methoxy groups -OCH3 is 1. The first-order valence-electron chi connectivity index (χ1n) is 7.07. The van der Waals surface area contributed by atoms with Gasteiger partial charge in [-0.15, -0.1) is 12.4 Å². The van der Waals surface area contributed by atoms with E-state index in [1.807, 2.05) is 43.3 Å². The zero-order chi connectivity index (χ0) is 16.1. The summed E-state index contributed by atoms with van der Waals surface area (Å²) in [6, 6.07) is 10.8. The molecule has 0 amide bonds. The summed E-state index contributed by atoms with van der Waals surface area (Å²) in [6.45, 7) is 1.83. The van der Waals surface area contributed by atoms with Crippen LogP contribution in [0.25, 0.3) is 0 Å². The third-order valence-corrected chi connectivity index (χ3v) is 3.56. The van der Waals surface area contributed by atoms with Crippen LogP contribution in [-0.2, 0) is 23.0 Å². The number of hydrogen-bond donors (Lipinski definition) is 1. The Balaban J connectivity index is 0.00000264. The molecule has 0 aliphatic rings. The van der Waals surface area contributed by atoms with Crippen LogP contribution < -0.4 is 10.9 Å². The van der Waals surface area contributed by atoms with E-state index >= 15 is 0 Å². The maximum Gasteiger partial charge on any atom is 0.328 e. The Bertz CT molecular complexity index is 714. The molecule has 0 spiro atoms. The second-order valence-corrected chi connectivity index (χ2v) is 5.20. The van der Waals surface area contributed by atoms with E-state index in [1.165, 1.54) is 11.7 Å². The molecule has 0 saturated carbocycles. The van der Waals surface area contributed by atoms with E-state index in [-0.39, 0.29) is 18.0 Å². The van der Waals surface area contributed by atoms with Gasteiger partial charge in [-0.05, 0) is 24.1 Å². The molecule has 1 heterocycles. The number of anilines is 1. The minimum atomic E-state index is -0.610. The van der Waals surface area contributed by atoms with Crippen molar-refractivity contribution in [2.75, 3.05) is 12.4 Å². The summed E-state index contributed by atoms with van der Waals surface area (Å²) in [4.78, 5) is 24.3. The number of carbonyl (C=O) groups excluding carboxylic acids is 1. The van der Waals surface area contributed by atoms with E-state index in [0.717, 1.165) is 11.1 Å². The van der Waals surface area contributed by atoms with E-state index in [0.29, 0.717) is 12.1 Å². The number of carbonyl (C=O) groups is 1. The molecule has 1 atom stereocenters. The van der Waals surface area contributed by atoms with Crippen LogP contribution in [0.15, 0.2) is 47.4 Å². The van der Waals surface area contributed by atoms with Crippen LogP contribution in [-0.4, -0.2) is 23.7 Å². The van der Waals surface area contributed by atoms with Gasteiger partial charge in [-0.1, -0.05) is 30.3 Å². The van der Waals surface area contributed by atoms with Gasteiger partial charge < -0.3 is 14.6 Å². The lowest BCUT2D eigenvalue weighted by molar-refractivity contribution is -0.141. The predicted molar refractivity (Wildman–Crippen MR) is 93.2 cm³/mol. The molecule has 23 heavy (non-hydrogen) atoms. The van der Waals surface area contributed by atoms with Crippen LogP contribution in [0.4, 0.5) is 5.69 Å². The molecule has 6 heteroatoms. The standard InChI is InChI=1S/C17H20N2O3.ClH/c1-12-9-10-19(2)16(20)15(12)18-14(17(21)22-3)11-13-7-5-4-6-8-13;/h4-10,14,18H,11H2,1-3H3;1H. The van der Waals surface area contributed by atoms with Crippen molar-refractivity contribution < 1.29 is 9.53 Å². The normalized spacial score (nSPS) is 11.3. The molecule has 0 bridgehead atoms. The Morgan fingerprint density at radius 2 is 1.91 bits per heavy atom. The van der Waals surface area contributed by atoms with Crippen molar-refractivity contribution in [1.29, 1.82) is 0 Å². The number of hydrogen-bond acceptors (Lipinski definition) is 4. The van der Waals surface area contributed by atoms with Crippen LogP contribution in [0.2, 0.25) is 0 Å². The number of ether oxygens (including phenoxy) is 1. The molecule has 0 fully saturated rings. The lowest BCUT2D eigenvalue weighted by atomic mass is 10.1. The van der Waals surface area contributed by atoms with Gasteiger partial charge in [-0.3, -0.25) is 4.79 Å². The molecule has 0 aliphatic heterocycles. The van der Waals surface area contributed by atoms with Gasteiger partial charge in [0.1, 0.15) is 11.7 Å². The molecule has 124 valence electrons. The molecule has 1 aromatic heterocycles. The molecular formula is C17H21ClN2O3. The molecule has 1 unspecified atom stereocenters. The van der Waals surface area contributed by atoms with Gasteiger partial charge in [-0.25, -0.2) is 4.79 Å². The van der Waals surface area contributed by atoms with Crippen molar-refractivity contribution in [3.05, 3.63) is 64.1 Å². The van der Waals surface area contributed by atoms with E-state index in [2.05, 4.69) is 5.32 Å². The summed E-state index contributed by atoms with van der Waals surface area (Å²) >= 11 is 0. The van der Waals surface area contributed by atoms with Gasteiger partial charge in [0.25, 0.3) is 5.56 Å². The Kier molecular flexibility index (Phi) is 6.85. The van der Waals surface area contributed by atoms with Crippen LogP contribution in [0.3, 0.4) is 0 Å². The predicted octanol–water partition coefficient (Wildman–Crippen LogP) is 2.31. The number of halogens is 1. The van der Waals surface area contributed by atoms with Crippen LogP contribution in [0.5, 0.6) is 0 Å². The smallest absolute Gasteiger partial charge is 0.328 e. The summed E-state index contributed by atoms with van der Waals surface area (Å²) in [5, 5.41) is 3.05. The fourth-order valence-electron chi connectivity index (χ4n) is 2.25. The number of esters is 1. The summed E-state index contributed by atoms with van der Waals surface area (Å²) in [5.41, 5.74) is 2.05. The average Bonchev–Trinajstić information content (AvgIpc) is 2.54. The maximum absolute atomic E-state index is 12.2. The topological polar surface area (TPSA) is 60.3 Å². The highest BCUT2D eigenvalue weighted by atomic mass is 35.5. The minimum Gasteiger partial charge on any atom is -0.467 e. The highest BCUT2D eigenvalue weighted by Gasteiger charge is 2.21. The van der Waals surface area contributed by atoms with Gasteiger partial charge >= 0.3 is 5.97 Å². The fourth-order valence-corrected chi connectivity index (χ4v) is 2.25. The van der Waals surface area contributed by atoms with E-state index in [4.69, 9.17) is 4.74 Å². The van der Waals surface area contributed by atoms with Crippen LogP contribution in [0, 0.1) is 6.92 Å². The van der Waals surface area contributed by atoms with Crippen molar-refractivity contribution in [3.8, 4) is 0 Å². The Morgan fingerprint density at radius 1 is 1.26 bits per heavy atom.